The topological polar surface area (TPSA) is 47.6 Å². The average Bonchev–Trinajstić information content (AvgIpc) is 3.05. The smallest absolute Gasteiger partial charge is 0.220 e. The number of carbonyl (C=O) groups excluding carboxylic acids is 1. The summed E-state index contributed by atoms with van der Waals surface area (Å²) in [4.78, 5) is 12.1. The summed E-state index contributed by atoms with van der Waals surface area (Å²) in [5.74, 6) is 1.52. The highest BCUT2D eigenvalue weighted by Gasteiger charge is 2.15. The van der Waals surface area contributed by atoms with E-state index < -0.39 is 0 Å². The lowest BCUT2D eigenvalue weighted by atomic mass is 10.1. The first-order valence-electron chi connectivity index (χ1n) is 7.16. The summed E-state index contributed by atoms with van der Waals surface area (Å²) in [5.41, 5.74) is 2.11. The Bertz CT molecular complexity index is 610. The molecule has 0 aliphatic carbocycles. The largest absolute Gasteiger partial charge is 0.497 e. The fraction of sp³-hybridized carbons (Fsp3) is 0.353. The molecule has 0 aliphatic heterocycles. The van der Waals surface area contributed by atoms with Gasteiger partial charge in [0, 0.05) is 12.0 Å². The van der Waals surface area contributed by atoms with Crippen molar-refractivity contribution in [2.75, 3.05) is 14.2 Å². The molecule has 0 bridgehead atoms. The van der Waals surface area contributed by atoms with Crippen LogP contribution >= 0.6 is 11.3 Å². The minimum atomic E-state index is -0.139. The maximum Gasteiger partial charge on any atom is 0.220 e. The Morgan fingerprint density at radius 2 is 2.09 bits per heavy atom. The van der Waals surface area contributed by atoms with Crippen molar-refractivity contribution in [2.45, 2.75) is 25.8 Å². The summed E-state index contributed by atoms with van der Waals surface area (Å²) in [6.07, 6.45) is 1.24. The molecule has 2 aromatic rings. The maximum atomic E-state index is 12.1. The van der Waals surface area contributed by atoms with Crippen molar-refractivity contribution in [1.29, 1.82) is 0 Å². The molecule has 1 unspecified atom stereocenters. The summed E-state index contributed by atoms with van der Waals surface area (Å²) in [7, 11) is 3.24. The van der Waals surface area contributed by atoms with Crippen LogP contribution in [0.5, 0.6) is 11.5 Å². The van der Waals surface area contributed by atoms with Crippen LogP contribution in [0.3, 0.4) is 0 Å². The van der Waals surface area contributed by atoms with Gasteiger partial charge in [-0.05, 0) is 53.9 Å². The van der Waals surface area contributed by atoms with Crippen LogP contribution in [-0.4, -0.2) is 20.1 Å². The molecule has 0 saturated carbocycles. The van der Waals surface area contributed by atoms with E-state index in [1.54, 1.807) is 25.6 Å². The zero-order valence-electron chi connectivity index (χ0n) is 13.1. The maximum absolute atomic E-state index is 12.1. The normalized spacial score (nSPS) is 11.8. The van der Waals surface area contributed by atoms with Crippen molar-refractivity contribution in [3.05, 3.63) is 46.2 Å². The Kier molecular flexibility index (Phi) is 5.83. The zero-order chi connectivity index (χ0) is 15.9. The lowest BCUT2D eigenvalue weighted by Crippen LogP contribution is -2.27. The number of thiophene rings is 1. The monoisotopic (exact) mass is 319 g/mol. The Morgan fingerprint density at radius 3 is 2.73 bits per heavy atom. The van der Waals surface area contributed by atoms with E-state index in [0.717, 1.165) is 23.5 Å². The molecule has 1 atom stereocenters. The summed E-state index contributed by atoms with van der Waals surface area (Å²) in [5, 5.41) is 7.11. The van der Waals surface area contributed by atoms with Crippen LogP contribution in [-0.2, 0) is 11.2 Å². The number of aryl methyl sites for hydroxylation is 1. The first kappa shape index (κ1) is 16.4. The van der Waals surface area contributed by atoms with Crippen LogP contribution < -0.4 is 14.8 Å². The van der Waals surface area contributed by atoms with E-state index in [0.29, 0.717) is 6.42 Å². The molecular formula is C17H21NO3S. The first-order chi connectivity index (χ1) is 10.6. The predicted octanol–water partition coefficient (Wildman–Crippen LogP) is 3.58. The summed E-state index contributed by atoms with van der Waals surface area (Å²) >= 11 is 1.65. The van der Waals surface area contributed by atoms with Crippen molar-refractivity contribution in [2.24, 2.45) is 0 Å². The van der Waals surface area contributed by atoms with Crippen LogP contribution in [0, 0.1) is 0 Å². The van der Waals surface area contributed by atoms with Gasteiger partial charge in [-0.3, -0.25) is 4.79 Å². The summed E-state index contributed by atoms with van der Waals surface area (Å²) in [6.45, 7) is 1.94. The number of hydrogen-bond acceptors (Lipinski definition) is 4. The Hall–Kier alpha value is -2.01. The molecule has 0 radical (unpaired) electrons. The molecule has 2 rings (SSSR count). The number of hydrogen-bond donors (Lipinski definition) is 1. The molecule has 1 aromatic heterocycles. The third-order valence-electron chi connectivity index (χ3n) is 3.50. The standard InChI is InChI=1S/C17H21NO3S/c1-12(15-10-14(20-2)5-6-16(15)21-3)18-17(19)7-4-13-8-9-22-11-13/h5-6,8-12H,4,7H2,1-3H3,(H,18,19). The fourth-order valence-electron chi connectivity index (χ4n) is 2.26. The van der Waals surface area contributed by atoms with Crippen molar-refractivity contribution < 1.29 is 14.3 Å². The van der Waals surface area contributed by atoms with Crippen molar-refractivity contribution >= 4 is 17.2 Å². The summed E-state index contributed by atoms with van der Waals surface area (Å²) < 4.78 is 10.6. The number of rotatable bonds is 7. The molecule has 1 aromatic carbocycles. The van der Waals surface area contributed by atoms with Crippen LogP contribution in [0.15, 0.2) is 35.0 Å². The van der Waals surface area contributed by atoms with Crippen molar-refractivity contribution in [3.8, 4) is 11.5 Å². The fourth-order valence-corrected chi connectivity index (χ4v) is 2.97. The molecule has 0 aliphatic rings. The van der Waals surface area contributed by atoms with Gasteiger partial charge in [-0.1, -0.05) is 0 Å². The minimum absolute atomic E-state index is 0.0311. The molecule has 118 valence electrons. The highest BCUT2D eigenvalue weighted by atomic mass is 32.1. The molecule has 0 spiro atoms. The number of carbonyl (C=O) groups is 1. The third-order valence-corrected chi connectivity index (χ3v) is 4.23. The van der Waals surface area contributed by atoms with E-state index >= 15 is 0 Å². The van der Waals surface area contributed by atoms with Gasteiger partial charge >= 0.3 is 0 Å². The molecule has 1 amide bonds. The molecule has 5 heteroatoms. The van der Waals surface area contributed by atoms with Gasteiger partial charge in [0.05, 0.1) is 20.3 Å². The molecule has 1 heterocycles. The Labute approximate surface area is 135 Å². The number of methoxy groups -OCH3 is 2. The zero-order valence-corrected chi connectivity index (χ0v) is 13.9. The van der Waals surface area contributed by atoms with Crippen LogP contribution in [0.1, 0.15) is 30.5 Å². The average molecular weight is 319 g/mol. The van der Waals surface area contributed by atoms with Gasteiger partial charge in [0.15, 0.2) is 0 Å². The van der Waals surface area contributed by atoms with Gasteiger partial charge in [-0.25, -0.2) is 0 Å². The molecule has 0 fully saturated rings. The lowest BCUT2D eigenvalue weighted by Gasteiger charge is -2.18. The van der Waals surface area contributed by atoms with Crippen molar-refractivity contribution in [1.82, 2.24) is 5.32 Å². The van der Waals surface area contributed by atoms with Gasteiger partial charge < -0.3 is 14.8 Å². The molecular weight excluding hydrogens is 298 g/mol. The quantitative estimate of drug-likeness (QED) is 0.848. The van der Waals surface area contributed by atoms with Gasteiger partial charge in [0.25, 0.3) is 0 Å². The van der Waals surface area contributed by atoms with E-state index in [-0.39, 0.29) is 11.9 Å². The number of amides is 1. The second-order valence-corrected chi connectivity index (χ2v) is 5.81. The molecule has 0 saturated heterocycles. The van der Waals surface area contributed by atoms with E-state index in [1.165, 1.54) is 5.56 Å². The van der Waals surface area contributed by atoms with Gasteiger partial charge in [0.2, 0.25) is 5.91 Å². The van der Waals surface area contributed by atoms with E-state index in [9.17, 15) is 4.79 Å². The summed E-state index contributed by atoms with van der Waals surface area (Å²) in [6, 6.07) is 7.49. The third kappa shape index (κ3) is 4.24. The Balaban J connectivity index is 1.98. The van der Waals surface area contributed by atoms with E-state index in [4.69, 9.17) is 9.47 Å². The van der Waals surface area contributed by atoms with Crippen LogP contribution in [0.2, 0.25) is 0 Å². The number of nitrogens with one attached hydrogen (secondary N) is 1. The van der Waals surface area contributed by atoms with Gasteiger partial charge in [-0.2, -0.15) is 11.3 Å². The SMILES string of the molecule is COc1ccc(OC)c(C(C)NC(=O)CCc2ccsc2)c1. The van der Waals surface area contributed by atoms with E-state index in [2.05, 4.69) is 10.7 Å². The number of benzene rings is 1. The predicted molar refractivity (Wildman–Crippen MR) is 88.7 cm³/mol. The van der Waals surface area contributed by atoms with Gasteiger partial charge in [0.1, 0.15) is 11.5 Å². The van der Waals surface area contributed by atoms with Crippen LogP contribution in [0.25, 0.3) is 0 Å². The van der Waals surface area contributed by atoms with Gasteiger partial charge in [-0.15, -0.1) is 0 Å². The first-order valence-corrected chi connectivity index (χ1v) is 8.10. The van der Waals surface area contributed by atoms with E-state index in [1.807, 2.05) is 36.6 Å². The molecule has 4 nitrogen and oxygen atoms in total. The second kappa shape index (κ2) is 7.84. The molecule has 1 N–H and O–H groups in total. The lowest BCUT2D eigenvalue weighted by molar-refractivity contribution is -0.121. The van der Waals surface area contributed by atoms with Crippen LogP contribution in [0.4, 0.5) is 0 Å². The molecule has 22 heavy (non-hydrogen) atoms. The highest BCUT2D eigenvalue weighted by Crippen LogP contribution is 2.29. The van der Waals surface area contributed by atoms with Crippen molar-refractivity contribution in [3.63, 3.8) is 0 Å². The Morgan fingerprint density at radius 1 is 1.27 bits per heavy atom. The minimum Gasteiger partial charge on any atom is -0.497 e. The highest BCUT2D eigenvalue weighted by molar-refractivity contribution is 7.07. The second-order valence-electron chi connectivity index (χ2n) is 5.03. The number of ether oxygens (including phenoxy) is 2.